The molecule has 1 aromatic carbocycles. The van der Waals surface area contributed by atoms with E-state index in [0.717, 1.165) is 11.3 Å². The van der Waals surface area contributed by atoms with Gasteiger partial charge >= 0.3 is 0 Å². The smallest absolute Gasteiger partial charge is 0.255 e. The number of carbonyl (C=O) groups is 1. The molecule has 0 spiro atoms. The largest absolute Gasteiger partial charge is 0.490 e. The molecule has 26 heavy (non-hydrogen) atoms. The monoisotopic (exact) mass is 375 g/mol. The van der Waals surface area contributed by atoms with E-state index in [1.54, 1.807) is 11.8 Å². The predicted molar refractivity (Wildman–Crippen MR) is 100 cm³/mol. The number of nitrogens with one attached hydrogen (secondary N) is 1. The van der Waals surface area contributed by atoms with E-state index in [-0.39, 0.29) is 30.2 Å². The number of aromatic nitrogens is 2. The molecule has 0 bridgehead atoms. The third-order valence-electron chi connectivity index (χ3n) is 4.17. The Morgan fingerprint density at radius 1 is 1.42 bits per heavy atom. The summed E-state index contributed by atoms with van der Waals surface area (Å²) in [5.74, 6) is 0.801. The number of ether oxygens (including phenoxy) is 1. The first-order valence-corrected chi connectivity index (χ1v) is 9.35. The molecule has 0 fully saturated rings. The molecule has 0 atom stereocenters. The molecular weight excluding hydrogens is 354 g/mol. The van der Waals surface area contributed by atoms with Gasteiger partial charge in [0.1, 0.15) is 12.4 Å². The van der Waals surface area contributed by atoms with Crippen LogP contribution in [0.15, 0.2) is 28.2 Å². The summed E-state index contributed by atoms with van der Waals surface area (Å²) >= 11 is 1.19. The highest BCUT2D eigenvalue weighted by Crippen LogP contribution is 2.33. The lowest BCUT2D eigenvalue weighted by Crippen LogP contribution is -2.39. The summed E-state index contributed by atoms with van der Waals surface area (Å²) in [5.41, 5.74) is 2.61. The van der Waals surface area contributed by atoms with Gasteiger partial charge in [0.25, 0.3) is 5.56 Å². The van der Waals surface area contributed by atoms with Crippen LogP contribution in [0.4, 0.5) is 5.69 Å². The van der Waals surface area contributed by atoms with Crippen molar-refractivity contribution in [1.82, 2.24) is 9.97 Å². The lowest BCUT2D eigenvalue weighted by Gasteiger charge is -2.29. The number of rotatable bonds is 5. The first kappa shape index (κ1) is 18.5. The van der Waals surface area contributed by atoms with Gasteiger partial charge in [0.2, 0.25) is 5.91 Å². The average Bonchev–Trinajstić information content (AvgIpc) is 2.62. The summed E-state index contributed by atoms with van der Waals surface area (Å²) in [6.07, 6.45) is 0.266. The van der Waals surface area contributed by atoms with Crippen LogP contribution < -0.4 is 15.2 Å². The molecule has 138 valence electrons. The number of anilines is 1. The molecule has 3 rings (SSSR count). The van der Waals surface area contributed by atoms with E-state index in [2.05, 4.69) is 9.97 Å². The van der Waals surface area contributed by atoms with Gasteiger partial charge in [-0.05, 0) is 31.5 Å². The highest BCUT2D eigenvalue weighted by Gasteiger charge is 2.24. The second kappa shape index (κ2) is 7.92. The second-order valence-electron chi connectivity index (χ2n) is 6.06. The van der Waals surface area contributed by atoms with Crippen LogP contribution in [0, 0.1) is 13.8 Å². The van der Waals surface area contributed by atoms with E-state index < -0.39 is 0 Å². The molecule has 8 heteroatoms. The highest BCUT2D eigenvalue weighted by atomic mass is 32.2. The van der Waals surface area contributed by atoms with Crippen LogP contribution in [-0.2, 0) is 11.2 Å². The number of aliphatic hydroxyl groups is 1. The SMILES string of the molecule is Cc1ccc2c(c1)N(C(=O)CSc1nc(C)c(CCO)c(=O)[nH]1)CCO2. The maximum absolute atomic E-state index is 12.7. The van der Waals surface area contributed by atoms with Crippen molar-refractivity contribution in [2.75, 3.05) is 30.4 Å². The Labute approximate surface area is 155 Å². The number of nitrogens with zero attached hydrogens (tertiary/aromatic N) is 2. The molecule has 2 aromatic rings. The average molecular weight is 375 g/mol. The van der Waals surface area contributed by atoms with Gasteiger partial charge in [0.05, 0.1) is 18.0 Å². The minimum Gasteiger partial charge on any atom is -0.490 e. The minimum atomic E-state index is -0.270. The molecule has 1 amide bonds. The summed E-state index contributed by atoms with van der Waals surface area (Å²) in [4.78, 5) is 33.5. The Morgan fingerprint density at radius 3 is 2.96 bits per heavy atom. The van der Waals surface area contributed by atoms with Crippen molar-refractivity contribution in [2.45, 2.75) is 25.4 Å². The first-order chi connectivity index (χ1) is 12.5. The number of hydrogen-bond donors (Lipinski definition) is 2. The number of aryl methyl sites for hydroxylation is 2. The van der Waals surface area contributed by atoms with Crippen molar-refractivity contribution in [1.29, 1.82) is 0 Å². The van der Waals surface area contributed by atoms with Crippen molar-refractivity contribution >= 4 is 23.4 Å². The van der Waals surface area contributed by atoms with Crippen molar-refractivity contribution in [3.63, 3.8) is 0 Å². The van der Waals surface area contributed by atoms with Crippen LogP contribution >= 0.6 is 11.8 Å². The minimum absolute atomic E-state index is 0.0649. The summed E-state index contributed by atoms with van der Waals surface area (Å²) in [7, 11) is 0. The zero-order valence-corrected chi connectivity index (χ0v) is 15.6. The standard InChI is InChI=1S/C18H21N3O4S/c1-11-3-4-15-14(9-11)21(6-8-25-15)16(23)10-26-18-19-12(2)13(5-7-22)17(24)20-18/h3-4,9,22H,5-8,10H2,1-2H3,(H,19,20,24). The molecule has 0 aliphatic carbocycles. The fourth-order valence-corrected chi connectivity index (χ4v) is 3.64. The predicted octanol–water partition coefficient (Wildman–Crippen LogP) is 1.44. The van der Waals surface area contributed by atoms with E-state index in [9.17, 15) is 9.59 Å². The van der Waals surface area contributed by atoms with Crippen molar-refractivity contribution in [3.05, 3.63) is 45.4 Å². The maximum atomic E-state index is 12.7. The van der Waals surface area contributed by atoms with Crippen molar-refractivity contribution < 1.29 is 14.6 Å². The summed E-state index contributed by atoms with van der Waals surface area (Å²) in [5, 5.41) is 9.41. The molecule has 0 radical (unpaired) electrons. The van der Waals surface area contributed by atoms with E-state index >= 15 is 0 Å². The number of fused-ring (bicyclic) bond motifs is 1. The van der Waals surface area contributed by atoms with Crippen LogP contribution in [0.5, 0.6) is 5.75 Å². The number of thioether (sulfide) groups is 1. The summed E-state index contributed by atoms with van der Waals surface area (Å²) in [6, 6.07) is 5.76. The molecule has 7 nitrogen and oxygen atoms in total. The third-order valence-corrected chi connectivity index (χ3v) is 5.03. The third kappa shape index (κ3) is 3.91. The van der Waals surface area contributed by atoms with Gasteiger partial charge in [-0.2, -0.15) is 0 Å². The molecule has 0 saturated heterocycles. The fraction of sp³-hybridized carbons (Fsp3) is 0.389. The zero-order valence-electron chi connectivity index (χ0n) is 14.7. The van der Waals surface area contributed by atoms with Gasteiger partial charge in [0, 0.05) is 24.3 Å². The van der Waals surface area contributed by atoms with Crippen LogP contribution in [0.1, 0.15) is 16.8 Å². The molecule has 2 N–H and O–H groups in total. The molecule has 1 aromatic heterocycles. The Balaban J connectivity index is 1.73. The van der Waals surface area contributed by atoms with Crippen LogP contribution in [0.2, 0.25) is 0 Å². The quantitative estimate of drug-likeness (QED) is 0.606. The lowest BCUT2D eigenvalue weighted by atomic mass is 10.1. The molecular formula is C18H21N3O4S. The number of benzene rings is 1. The van der Waals surface area contributed by atoms with Crippen LogP contribution in [0.3, 0.4) is 0 Å². The Hall–Kier alpha value is -2.32. The van der Waals surface area contributed by atoms with Gasteiger partial charge in [-0.1, -0.05) is 17.8 Å². The molecule has 0 unspecified atom stereocenters. The van der Waals surface area contributed by atoms with E-state index in [4.69, 9.17) is 9.84 Å². The number of aromatic amines is 1. The van der Waals surface area contributed by atoms with Crippen molar-refractivity contribution in [3.8, 4) is 5.75 Å². The number of carbonyl (C=O) groups excluding carboxylic acids is 1. The number of hydrogen-bond acceptors (Lipinski definition) is 6. The Bertz CT molecular complexity index is 881. The van der Waals surface area contributed by atoms with Gasteiger partial charge in [0.15, 0.2) is 5.16 Å². The normalized spacial score (nSPS) is 13.3. The van der Waals surface area contributed by atoms with E-state index in [1.807, 2.05) is 25.1 Å². The van der Waals surface area contributed by atoms with Crippen LogP contribution in [-0.4, -0.2) is 46.5 Å². The summed E-state index contributed by atoms with van der Waals surface area (Å²) in [6.45, 7) is 4.54. The number of aliphatic hydroxyl groups excluding tert-OH is 1. The van der Waals surface area contributed by atoms with Crippen molar-refractivity contribution in [2.24, 2.45) is 0 Å². The van der Waals surface area contributed by atoms with Gasteiger partial charge in [-0.15, -0.1) is 0 Å². The molecule has 1 aliphatic rings. The van der Waals surface area contributed by atoms with E-state index in [1.165, 1.54) is 11.8 Å². The molecule has 0 saturated carbocycles. The molecule has 2 heterocycles. The maximum Gasteiger partial charge on any atom is 0.255 e. The number of H-pyrrole nitrogens is 1. The summed E-state index contributed by atoms with van der Waals surface area (Å²) < 4.78 is 5.61. The van der Waals surface area contributed by atoms with Gasteiger partial charge < -0.3 is 19.7 Å². The van der Waals surface area contributed by atoms with Gasteiger partial charge in [-0.25, -0.2) is 4.98 Å². The lowest BCUT2D eigenvalue weighted by molar-refractivity contribution is -0.116. The topological polar surface area (TPSA) is 95.5 Å². The highest BCUT2D eigenvalue weighted by molar-refractivity contribution is 7.99. The van der Waals surface area contributed by atoms with Gasteiger partial charge in [-0.3, -0.25) is 9.59 Å². The van der Waals surface area contributed by atoms with Crippen LogP contribution in [0.25, 0.3) is 0 Å². The number of amides is 1. The Kier molecular flexibility index (Phi) is 5.63. The first-order valence-electron chi connectivity index (χ1n) is 8.37. The fourth-order valence-electron chi connectivity index (χ4n) is 2.85. The second-order valence-corrected chi connectivity index (χ2v) is 7.03. The van der Waals surface area contributed by atoms with E-state index in [0.29, 0.717) is 35.3 Å². The Morgan fingerprint density at radius 2 is 2.23 bits per heavy atom. The molecule has 1 aliphatic heterocycles. The zero-order chi connectivity index (χ0) is 18.7.